The minimum absolute atomic E-state index is 0.0581. The van der Waals surface area contributed by atoms with E-state index in [1.165, 1.54) is 0 Å². The van der Waals surface area contributed by atoms with Crippen LogP contribution in [0.4, 0.5) is 0 Å². The molecule has 1 saturated heterocycles. The van der Waals surface area contributed by atoms with Gasteiger partial charge >= 0.3 is 6.01 Å². The summed E-state index contributed by atoms with van der Waals surface area (Å²) in [7, 11) is 1.56. The third-order valence-electron chi connectivity index (χ3n) is 5.22. The standard InChI is InChI=1S/C19H22N4O2/c1-25-18-20-10-14(11-21-18)12-23-9-8-19(13-23)7-6-15-4-2-3-5-16(15)17(24)22-19/h2-5,10-11H,6-9,12-13H2,1H3,(H,22,24)/t19-/m1/s1. The monoisotopic (exact) mass is 338 g/mol. The van der Waals surface area contributed by atoms with Gasteiger partial charge in [-0.2, -0.15) is 0 Å². The number of nitrogens with zero attached hydrogens (tertiary/aromatic N) is 3. The molecule has 1 amide bonds. The molecule has 1 N–H and O–H groups in total. The molecule has 130 valence electrons. The van der Waals surface area contributed by atoms with Crippen LogP contribution in [0.1, 0.15) is 34.3 Å². The van der Waals surface area contributed by atoms with Crippen LogP contribution < -0.4 is 10.1 Å². The number of likely N-dealkylation sites (tertiary alicyclic amines) is 1. The van der Waals surface area contributed by atoms with Gasteiger partial charge in [0, 0.05) is 43.2 Å². The first-order chi connectivity index (χ1) is 12.2. The third-order valence-corrected chi connectivity index (χ3v) is 5.22. The fraction of sp³-hybridized carbons (Fsp3) is 0.421. The first kappa shape index (κ1) is 16.0. The van der Waals surface area contributed by atoms with E-state index >= 15 is 0 Å². The smallest absolute Gasteiger partial charge is 0.316 e. The Balaban J connectivity index is 1.45. The van der Waals surface area contributed by atoms with Gasteiger partial charge < -0.3 is 10.1 Å². The van der Waals surface area contributed by atoms with Crippen molar-refractivity contribution in [3.63, 3.8) is 0 Å². The van der Waals surface area contributed by atoms with Crippen molar-refractivity contribution in [2.45, 2.75) is 31.3 Å². The van der Waals surface area contributed by atoms with E-state index in [1.54, 1.807) is 19.5 Å². The van der Waals surface area contributed by atoms with E-state index in [-0.39, 0.29) is 11.4 Å². The number of nitrogens with one attached hydrogen (secondary N) is 1. The number of rotatable bonds is 3. The minimum Gasteiger partial charge on any atom is -0.467 e. The van der Waals surface area contributed by atoms with Gasteiger partial charge in [-0.1, -0.05) is 18.2 Å². The molecule has 0 saturated carbocycles. The number of aromatic nitrogens is 2. The molecule has 6 heteroatoms. The number of hydrogen-bond donors (Lipinski definition) is 1. The van der Waals surface area contributed by atoms with Crippen LogP contribution in [0.3, 0.4) is 0 Å². The molecular weight excluding hydrogens is 316 g/mol. The molecule has 4 rings (SSSR count). The Kier molecular flexibility index (Phi) is 4.13. The van der Waals surface area contributed by atoms with E-state index in [2.05, 4.69) is 26.3 Å². The van der Waals surface area contributed by atoms with E-state index in [4.69, 9.17) is 4.74 Å². The maximum Gasteiger partial charge on any atom is 0.316 e. The summed E-state index contributed by atoms with van der Waals surface area (Å²) in [6.07, 6.45) is 6.50. The summed E-state index contributed by atoms with van der Waals surface area (Å²) in [4.78, 5) is 23.3. The average molecular weight is 338 g/mol. The van der Waals surface area contributed by atoms with Crippen molar-refractivity contribution < 1.29 is 9.53 Å². The predicted octanol–water partition coefficient (Wildman–Crippen LogP) is 1.81. The first-order valence-electron chi connectivity index (χ1n) is 8.65. The Labute approximate surface area is 147 Å². The fourth-order valence-corrected chi connectivity index (χ4v) is 3.89. The third kappa shape index (κ3) is 3.22. The maximum atomic E-state index is 12.6. The van der Waals surface area contributed by atoms with Crippen molar-refractivity contribution in [2.24, 2.45) is 0 Å². The molecule has 0 radical (unpaired) electrons. The fourth-order valence-electron chi connectivity index (χ4n) is 3.89. The number of benzene rings is 1. The highest BCUT2D eigenvalue weighted by atomic mass is 16.5. The van der Waals surface area contributed by atoms with Gasteiger partial charge in [-0.15, -0.1) is 0 Å². The second-order valence-electron chi connectivity index (χ2n) is 6.93. The zero-order valence-electron chi connectivity index (χ0n) is 14.4. The number of hydrogen-bond acceptors (Lipinski definition) is 5. The second kappa shape index (κ2) is 6.44. The lowest BCUT2D eigenvalue weighted by atomic mass is 9.91. The zero-order chi connectivity index (χ0) is 17.3. The molecule has 1 atom stereocenters. The SMILES string of the molecule is COc1ncc(CN2CC[C@]3(CCc4ccccc4C(=O)N3)C2)cn1. The summed E-state index contributed by atoms with van der Waals surface area (Å²) < 4.78 is 5.00. The number of ether oxygens (including phenoxy) is 1. The lowest BCUT2D eigenvalue weighted by Gasteiger charge is -2.29. The van der Waals surface area contributed by atoms with E-state index in [0.717, 1.165) is 55.6 Å². The topological polar surface area (TPSA) is 67.3 Å². The lowest BCUT2D eigenvalue weighted by molar-refractivity contribution is 0.0902. The van der Waals surface area contributed by atoms with Crippen LogP contribution in [0.2, 0.25) is 0 Å². The summed E-state index contributed by atoms with van der Waals surface area (Å²) in [6, 6.07) is 8.31. The molecule has 2 aromatic rings. The van der Waals surface area contributed by atoms with Gasteiger partial charge in [-0.25, -0.2) is 9.97 Å². The summed E-state index contributed by atoms with van der Waals surface area (Å²) in [5.41, 5.74) is 2.89. The molecule has 2 aliphatic rings. The van der Waals surface area contributed by atoms with Gasteiger partial charge in [-0.05, 0) is 30.9 Å². The van der Waals surface area contributed by atoms with Gasteiger partial charge in [-0.3, -0.25) is 9.69 Å². The van der Waals surface area contributed by atoms with E-state index < -0.39 is 0 Å². The molecule has 0 bridgehead atoms. The molecule has 3 heterocycles. The Bertz CT molecular complexity index is 777. The molecule has 1 spiro atoms. The molecule has 1 aromatic carbocycles. The van der Waals surface area contributed by atoms with E-state index in [9.17, 15) is 4.79 Å². The highest BCUT2D eigenvalue weighted by molar-refractivity contribution is 5.96. The Morgan fingerprint density at radius 1 is 1.24 bits per heavy atom. The highest BCUT2D eigenvalue weighted by Crippen LogP contribution is 2.31. The Hall–Kier alpha value is -2.47. The predicted molar refractivity (Wildman–Crippen MR) is 93.4 cm³/mol. The summed E-state index contributed by atoms with van der Waals surface area (Å²) >= 11 is 0. The van der Waals surface area contributed by atoms with E-state index in [1.807, 2.05) is 18.2 Å². The summed E-state index contributed by atoms with van der Waals surface area (Å²) in [5, 5.41) is 3.31. The van der Waals surface area contributed by atoms with Crippen molar-refractivity contribution in [3.05, 3.63) is 53.3 Å². The van der Waals surface area contributed by atoms with Crippen LogP contribution in [-0.2, 0) is 13.0 Å². The molecule has 6 nitrogen and oxygen atoms in total. The van der Waals surface area contributed by atoms with Crippen LogP contribution in [0.15, 0.2) is 36.7 Å². The quantitative estimate of drug-likeness (QED) is 0.924. The second-order valence-corrected chi connectivity index (χ2v) is 6.93. The first-order valence-corrected chi connectivity index (χ1v) is 8.65. The van der Waals surface area contributed by atoms with Crippen LogP contribution in [0, 0.1) is 0 Å². The normalized spacial score (nSPS) is 23.2. The number of aryl methyl sites for hydroxylation is 1. The number of carbonyl (C=O) groups excluding carboxylic acids is 1. The number of methoxy groups -OCH3 is 1. The molecule has 0 unspecified atom stereocenters. The molecule has 0 aliphatic carbocycles. The molecular formula is C19H22N4O2. The van der Waals surface area contributed by atoms with Crippen LogP contribution in [0.5, 0.6) is 6.01 Å². The molecule has 25 heavy (non-hydrogen) atoms. The highest BCUT2D eigenvalue weighted by Gasteiger charge is 2.41. The zero-order valence-corrected chi connectivity index (χ0v) is 14.4. The van der Waals surface area contributed by atoms with Crippen molar-refractivity contribution in [2.75, 3.05) is 20.2 Å². The number of carbonyl (C=O) groups is 1. The van der Waals surface area contributed by atoms with Crippen LogP contribution in [0.25, 0.3) is 0 Å². The lowest BCUT2D eigenvalue weighted by Crippen LogP contribution is -2.49. The molecule has 1 fully saturated rings. The molecule has 1 aromatic heterocycles. The summed E-state index contributed by atoms with van der Waals surface area (Å²) in [6.45, 7) is 2.61. The van der Waals surface area contributed by atoms with Crippen LogP contribution >= 0.6 is 0 Å². The average Bonchev–Trinajstić information content (AvgIpc) is 2.97. The van der Waals surface area contributed by atoms with Gasteiger partial charge in [0.25, 0.3) is 5.91 Å². The van der Waals surface area contributed by atoms with Crippen molar-refractivity contribution in [1.82, 2.24) is 20.2 Å². The summed E-state index contributed by atoms with van der Waals surface area (Å²) in [5.74, 6) is 0.0581. The maximum absolute atomic E-state index is 12.6. The van der Waals surface area contributed by atoms with Gasteiger partial charge in [0.15, 0.2) is 0 Å². The van der Waals surface area contributed by atoms with Crippen LogP contribution in [-0.4, -0.2) is 46.5 Å². The largest absolute Gasteiger partial charge is 0.467 e. The molecule has 2 aliphatic heterocycles. The van der Waals surface area contributed by atoms with E-state index in [0.29, 0.717) is 6.01 Å². The van der Waals surface area contributed by atoms with Crippen molar-refractivity contribution in [3.8, 4) is 6.01 Å². The number of amides is 1. The van der Waals surface area contributed by atoms with Crippen molar-refractivity contribution in [1.29, 1.82) is 0 Å². The van der Waals surface area contributed by atoms with Crippen molar-refractivity contribution >= 4 is 5.91 Å². The van der Waals surface area contributed by atoms with Gasteiger partial charge in [0.1, 0.15) is 0 Å². The van der Waals surface area contributed by atoms with Gasteiger partial charge in [0.2, 0.25) is 0 Å². The van der Waals surface area contributed by atoms with Gasteiger partial charge in [0.05, 0.1) is 12.6 Å². The Morgan fingerprint density at radius 3 is 2.84 bits per heavy atom. The Morgan fingerprint density at radius 2 is 2.04 bits per heavy atom. The number of fused-ring (bicyclic) bond motifs is 1. The minimum atomic E-state index is -0.135.